The first kappa shape index (κ1) is 20.3. The molecule has 0 saturated heterocycles. The lowest BCUT2D eigenvalue weighted by molar-refractivity contribution is -0.141. The molecule has 0 bridgehead atoms. The first-order valence-electron chi connectivity index (χ1n) is 8.61. The average Bonchev–Trinajstić information content (AvgIpc) is 3.09. The summed E-state index contributed by atoms with van der Waals surface area (Å²) in [6.45, 7) is 2.03. The molecule has 0 fully saturated rings. The number of nitrogens with zero attached hydrogens (tertiary/aromatic N) is 5. The van der Waals surface area contributed by atoms with Gasteiger partial charge < -0.3 is 10.4 Å². The van der Waals surface area contributed by atoms with E-state index in [1.807, 2.05) is 19.1 Å². The summed E-state index contributed by atoms with van der Waals surface area (Å²) >= 11 is 0. The molecule has 150 valence electrons. The van der Waals surface area contributed by atoms with Gasteiger partial charge in [-0.25, -0.2) is 9.97 Å². The number of alkyl halides is 3. The molecule has 3 aromatic rings. The summed E-state index contributed by atoms with van der Waals surface area (Å²) < 4.78 is 40.0. The number of hydrogen-bond donors (Lipinski definition) is 2. The topological polar surface area (TPSA) is 99.7 Å². The Bertz CT molecular complexity index is 1040. The van der Waals surface area contributed by atoms with E-state index in [1.54, 1.807) is 24.5 Å². The monoisotopic (exact) mass is 402 g/mol. The largest absolute Gasteiger partial charge is 0.433 e. The third-order valence-corrected chi connectivity index (χ3v) is 3.97. The molecule has 3 rings (SSSR count). The van der Waals surface area contributed by atoms with Crippen molar-refractivity contribution in [3.05, 3.63) is 54.1 Å². The summed E-state index contributed by atoms with van der Waals surface area (Å²) in [4.78, 5) is 7.35. The SMILES string of the molecule is Cc1cc(Nc2nccc(C(F)(F)F)n2)cc(-c2cnn(C[C@H](O)CC#N)c2)c1. The molecule has 0 saturated carbocycles. The minimum absolute atomic E-state index is 0.00466. The Morgan fingerprint density at radius 1 is 1.28 bits per heavy atom. The van der Waals surface area contributed by atoms with Crippen molar-refractivity contribution in [2.24, 2.45) is 0 Å². The van der Waals surface area contributed by atoms with Gasteiger partial charge in [0, 0.05) is 23.6 Å². The summed E-state index contributed by atoms with van der Waals surface area (Å²) in [5, 5.41) is 25.3. The van der Waals surface area contributed by atoms with Crippen molar-refractivity contribution in [2.75, 3.05) is 5.32 Å². The number of aliphatic hydroxyl groups excluding tert-OH is 1. The predicted molar refractivity (Wildman–Crippen MR) is 99.0 cm³/mol. The molecule has 0 aliphatic rings. The van der Waals surface area contributed by atoms with E-state index in [0.29, 0.717) is 5.69 Å². The van der Waals surface area contributed by atoms with Crippen molar-refractivity contribution >= 4 is 11.6 Å². The van der Waals surface area contributed by atoms with Gasteiger partial charge >= 0.3 is 6.18 Å². The standard InChI is InChI=1S/C19H17F3N6O/c1-12-6-13(14-9-25-28(10-14)11-16(29)2-4-23)8-15(7-12)26-18-24-5-3-17(27-18)19(20,21)22/h3,5-10,16,29H,2,11H2,1H3,(H,24,26,27)/t16-/m1/s1. The minimum atomic E-state index is -4.55. The molecule has 29 heavy (non-hydrogen) atoms. The second-order valence-corrected chi connectivity index (χ2v) is 6.44. The first-order chi connectivity index (χ1) is 13.7. The summed E-state index contributed by atoms with van der Waals surface area (Å²) in [7, 11) is 0. The highest BCUT2D eigenvalue weighted by Gasteiger charge is 2.32. The van der Waals surface area contributed by atoms with Crippen molar-refractivity contribution < 1.29 is 18.3 Å². The molecule has 7 nitrogen and oxygen atoms in total. The quantitative estimate of drug-likeness (QED) is 0.652. The van der Waals surface area contributed by atoms with Gasteiger partial charge in [0.2, 0.25) is 5.95 Å². The van der Waals surface area contributed by atoms with Crippen molar-refractivity contribution in [1.29, 1.82) is 5.26 Å². The fraction of sp³-hybridized carbons (Fsp3) is 0.263. The normalized spacial score (nSPS) is 12.4. The second kappa shape index (κ2) is 8.28. The molecule has 0 aliphatic heterocycles. The van der Waals surface area contributed by atoms with E-state index in [-0.39, 0.29) is 18.9 Å². The van der Waals surface area contributed by atoms with Crippen molar-refractivity contribution in [2.45, 2.75) is 32.2 Å². The average molecular weight is 402 g/mol. The van der Waals surface area contributed by atoms with E-state index in [2.05, 4.69) is 20.4 Å². The van der Waals surface area contributed by atoms with E-state index < -0.39 is 18.0 Å². The third-order valence-electron chi connectivity index (χ3n) is 3.97. The zero-order valence-electron chi connectivity index (χ0n) is 15.4. The molecule has 0 aliphatic carbocycles. The molecular weight excluding hydrogens is 385 g/mol. The minimum Gasteiger partial charge on any atom is -0.390 e. The number of rotatable bonds is 6. The number of aryl methyl sites for hydroxylation is 1. The number of aromatic nitrogens is 4. The van der Waals surface area contributed by atoms with Gasteiger partial charge in [-0.3, -0.25) is 4.68 Å². The number of nitriles is 1. The van der Waals surface area contributed by atoms with Crippen LogP contribution in [-0.2, 0) is 12.7 Å². The molecule has 0 radical (unpaired) electrons. The molecule has 2 N–H and O–H groups in total. The fourth-order valence-electron chi connectivity index (χ4n) is 2.73. The lowest BCUT2D eigenvalue weighted by Crippen LogP contribution is -2.15. The summed E-state index contributed by atoms with van der Waals surface area (Å²) in [6.07, 6.45) is -0.989. The van der Waals surface area contributed by atoms with Crippen LogP contribution in [0.3, 0.4) is 0 Å². The van der Waals surface area contributed by atoms with E-state index in [4.69, 9.17) is 5.26 Å². The van der Waals surface area contributed by atoms with Gasteiger partial charge in [0.1, 0.15) is 5.69 Å². The summed E-state index contributed by atoms with van der Waals surface area (Å²) in [5.41, 5.74) is 1.90. The lowest BCUT2D eigenvalue weighted by Gasteiger charge is -2.10. The number of nitrogens with one attached hydrogen (secondary N) is 1. The molecular formula is C19H17F3N6O. The van der Waals surface area contributed by atoms with Crippen LogP contribution in [0, 0.1) is 18.3 Å². The Hall–Kier alpha value is -3.45. The molecule has 0 amide bonds. The molecule has 2 heterocycles. The van der Waals surface area contributed by atoms with Gasteiger partial charge in [-0.1, -0.05) is 6.07 Å². The third kappa shape index (κ3) is 5.30. The van der Waals surface area contributed by atoms with Gasteiger partial charge in [-0.05, 0) is 36.2 Å². The molecule has 0 unspecified atom stereocenters. The number of halogens is 3. The van der Waals surface area contributed by atoms with E-state index >= 15 is 0 Å². The van der Waals surface area contributed by atoms with Crippen LogP contribution in [0.4, 0.5) is 24.8 Å². The number of hydrogen-bond acceptors (Lipinski definition) is 6. The van der Waals surface area contributed by atoms with Crippen molar-refractivity contribution in [3.8, 4) is 17.2 Å². The second-order valence-electron chi connectivity index (χ2n) is 6.44. The maximum absolute atomic E-state index is 12.8. The van der Waals surface area contributed by atoms with Gasteiger partial charge in [0.25, 0.3) is 0 Å². The van der Waals surface area contributed by atoms with Gasteiger partial charge in [-0.15, -0.1) is 0 Å². The smallest absolute Gasteiger partial charge is 0.390 e. The highest BCUT2D eigenvalue weighted by Crippen LogP contribution is 2.29. The Balaban J connectivity index is 1.82. The highest BCUT2D eigenvalue weighted by atomic mass is 19.4. The van der Waals surface area contributed by atoms with Crippen LogP contribution < -0.4 is 5.32 Å². The Morgan fingerprint density at radius 2 is 2.07 bits per heavy atom. The van der Waals surface area contributed by atoms with Crippen LogP contribution in [0.15, 0.2) is 42.9 Å². The fourth-order valence-corrected chi connectivity index (χ4v) is 2.73. The van der Waals surface area contributed by atoms with Gasteiger partial charge in [0.05, 0.1) is 31.3 Å². The molecule has 1 aromatic carbocycles. The van der Waals surface area contributed by atoms with Gasteiger partial charge in [-0.2, -0.15) is 23.5 Å². The van der Waals surface area contributed by atoms with Crippen LogP contribution in [0.1, 0.15) is 17.7 Å². The molecule has 10 heteroatoms. The van der Waals surface area contributed by atoms with Crippen LogP contribution in [0.2, 0.25) is 0 Å². The zero-order valence-corrected chi connectivity index (χ0v) is 15.4. The number of aliphatic hydroxyl groups is 1. The Labute approximate surface area is 164 Å². The lowest BCUT2D eigenvalue weighted by atomic mass is 10.1. The van der Waals surface area contributed by atoms with Crippen LogP contribution >= 0.6 is 0 Å². The predicted octanol–water partition coefficient (Wildman–Crippen LogP) is 3.69. The van der Waals surface area contributed by atoms with Crippen LogP contribution in [0.25, 0.3) is 11.1 Å². The van der Waals surface area contributed by atoms with Crippen molar-refractivity contribution in [3.63, 3.8) is 0 Å². The van der Waals surface area contributed by atoms with Crippen LogP contribution in [-0.4, -0.2) is 31.0 Å². The van der Waals surface area contributed by atoms with E-state index in [9.17, 15) is 18.3 Å². The van der Waals surface area contributed by atoms with Crippen LogP contribution in [0.5, 0.6) is 0 Å². The summed E-state index contributed by atoms with van der Waals surface area (Å²) in [6, 6.07) is 8.10. The Morgan fingerprint density at radius 3 is 2.79 bits per heavy atom. The first-order valence-corrected chi connectivity index (χ1v) is 8.61. The van der Waals surface area contributed by atoms with Crippen molar-refractivity contribution in [1.82, 2.24) is 19.7 Å². The maximum atomic E-state index is 12.8. The highest BCUT2D eigenvalue weighted by molar-refractivity contribution is 5.70. The molecule has 2 aromatic heterocycles. The van der Waals surface area contributed by atoms with E-state index in [1.165, 1.54) is 4.68 Å². The maximum Gasteiger partial charge on any atom is 0.433 e. The van der Waals surface area contributed by atoms with Gasteiger partial charge in [0.15, 0.2) is 0 Å². The summed E-state index contributed by atoms with van der Waals surface area (Å²) in [5.74, 6) is -0.160. The number of benzene rings is 1. The zero-order chi connectivity index (χ0) is 21.0. The number of anilines is 2. The Kier molecular flexibility index (Phi) is 5.79. The van der Waals surface area contributed by atoms with E-state index in [0.717, 1.165) is 29.0 Å². The molecule has 1 atom stereocenters. The molecule has 0 spiro atoms.